The number of hydrogen-bond donors (Lipinski definition) is 0. The zero-order chi connectivity index (χ0) is 13.8. The zero-order valence-corrected chi connectivity index (χ0v) is 12.5. The van der Waals surface area contributed by atoms with Crippen molar-refractivity contribution in [2.24, 2.45) is 0 Å². The maximum absolute atomic E-state index is 13.6. The molecule has 0 aliphatic heterocycles. The molecule has 0 fully saturated rings. The molecule has 0 aliphatic rings. The van der Waals surface area contributed by atoms with E-state index in [-0.39, 0.29) is 11.3 Å². The largest absolute Gasteiger partial charge is 0.489 e. The van der Waals surface area contributed by atoms with Gasteiger partial charge in [0, 0.05) is 9.64 Å². The summed E-state index contributed by atoms with van der Waals surface area (Å²) >= 11 is 2.22. The van der Waals surface area contributed by atoms with Crippen LogP contribution in [0.5, 0.6) is 5.75 Å². The lowest BCUT2D eigenvalue weighted by Gasteiger charge is -2.08. The molecule has 0 aliphatic carbocycles. The first-order valence-corrected chi connectivity index (χ1v) is 6.82. The van der Waals surface area contributed by atoms with Gasteiger partial charge in [-0.2, -0.15) is 0 Å². The third kappa shape index (κ3) is 3.76. The Morgan fingerprint density at radius 2 is 2.05 bits per heavy atom. The third-order valence-electron chi connectivity index (χ3n) is 2.61. The molecule has 0 atom stereocenters. The van der Waals surface area contributed by atoms with Crippen molar-refractivity contribution in [2.75, 3.05) is 0 Å². The van der Waals surface area contributed by atoms with E-state index in [1.54, 1.807) is 6.07 Å². The fourth-order valence-corrected chi connectivity index (χ4v) is 2.27. The van der Waals surface area contributed by atoms with Gasteiger partial charge in [0.15, 0.2) is 5.78 Å². The van der Waals surface area contributed by atoms with Crippen LogP contribution < -0.4 is 4.74 Å². The lowest BCUT2D eigenvalue weighted by molar-refractivity contribution is 0.101. The van der Waals surface area contributed by atoms with Gasteiger partial charge in [-0.25, -0.2) is 4.39 Å². The van der Waals surface area contributed by atoms with Crippen molar-refractivity contribution in [1.29, 1.82) is 0 Å². The molecule has 2 rings (SSSR count). The molecule has 0 unspecified atom stereocenters. The highest BCUT2D eigenvalue weighted by molar-refractivity contribution is 14.1. The maximum Gasteiger partial charge on any atom is 0.162 e. The van der Waals surface area contributed by atoms with E-state index in [0.29, 0.717) is 12.4 Å². The van der Waals surface area contributed by atoms with Crippen LogP contribution in [0, 0.1) is 9.39 Å². The fraction of sp³-hybridized carbons (Fsp3) is 0.133. The Kier molecular flexibility index (Phi) is 4.52. The number of halogens is 2. The van der Waals surface area contributed by atoms with Crippen LogP contribution in [0.4, 0.5) is 4.39 Å². The van der Waals surface area contributed by atoms with Crippen LogP contribution in [0.1, 0.15) is 22.8 Å². The van der Waals surface area contributed by atoms with E-state index in [1.807, 2.05) is 24.3 Å². The molecule has 0 aromatic heterocycles. The summed E-state index contributed by atoms with van der Waals surface area (Å²) in [6.07, 6.45) is 0. The molecule has 0 N–H and O–H groups in total. The number of hydrogen-bond acceptors (Lipinski definition) is 2. The highest BCUT2D eigenvalue weighted by Crippen LogP contribution is 2.18. The smallest absolute Gasteiger partial charge is 0.162 e. The molecule has 0 spiro atoms. The van der Waals surface area contributed by atoms with E-state index in [4.69, 9.17) is 4.74 Å². The van der Waals surface area contributed by atoms with Crippen LogP contribution in [0.15, 0.2) is 42.5 Å². The van der Waals surface area contributed by atoms with E-state index in [9.17, 15) is 9.18 Å². The number of Topliss-reactive ketones (excluding diaryl/α,β-unsaturated/α-hetero) is 1. The van der Waals surface area contributed by atoms with Crippen LogP contribution in [0.25, 0.3) is 0 Å². The summed E-state index contributed by atoms with van der Waals surface area (Å²) in [6, 6.07) is 12.2. The minimum Gasteiger partial charge on any atom is -0.489 e. The number of carbonyl (C=O) groups is 1. The van der Waals surface area contributed by atoms with Gasteiger partial charge >= 0.3 is 0 Å². The SMILES string of the molecule is CC(=O)c1ccc(OCc2cccc(I)c2)cc1F. The van der Waals surface area contributed by atoms with Crippen molar-refractivity contribution in [2.45, 2.75) is 13.5 Å². The van der Waals surface area contributed by atoms with Crippen LogP contribution in [-0.2, 0) is 6.61 Å². The Labute approximate surface area is 124 Å². The minimum atomic E-state index is -0.548. The van der Waals surface area contributed by atoms with Gasteiger partial charge in [0.2, 0.25) is 0 Å². The minimum absolute atomic E-state index is 0.0848. The van der Waals surface area contributed by atoms with Gasteiger partial charge in [-0.3, -0.25) is 4.79 Å². The molecule has 98 valence electrons. The van der Waals surface area contributed by atoms with E-state index in [0.717, 1.165) is 9.13 Å². The summed E-state index contributed by atoms with van der Waals surface area (Å²) < 4.78 is 20.2. The second kappa shape index (κ2) is 6.14. The number of benzene rings is 2. The molecule has 0 heterocycles. The van der Waals surface area contributed by atoms with Crippen molar-refractivity contribution in [3.63, 3.8) is 0 Å². The van der Waals surface area contributed by atoms with Gasteiger partial charge in [-0.1, -0.05) is 12.1 Å². The molecule has 2 nitrogen and oxygen atoms in total. The molecule has 0 amide bonds. The normalized spacial score (nSPS) is 10.3. The van der Waals surface area contributed by atoms with Crippen LogP contribution in [-0.4, -0.2) is 5.78 Å². The third-order valence-corrected chi connectivity index (χ3v) is 3.29. The summed E-state index contributed by atoms with van der Waals surface area (Å²) in [5, 5.41) is 0. The summed E-state index contributed by atoms with van der Waals surface area (Å²) in [7, 11) is 0. The Bertz CT molecular complexity index is 611. The van der Waals surface area contributed by atoms with E-state index >= 15 is 0 Å². The summed E-state index contributed by atoms with van der Waals surface area (Å²) in [5.74, 6) is -0.421. The number of ether oxygens (including phenoxy) is 1. The summed E-state index contributed by atoms with van der Waals surface area (Å²) in [6.45, 7) is 1.71. The molecule has 0 radical (unpaired) electrons. The fourth-order valence-electron chi connectivity index (χ4n) is 1.66. The first kappa shape index (κ1) is 14.0. The number of ketones is 1. The molecule has 0 bridgehead atoms. The topological polar surface area (TPSA) is 26.3 Å². The Morgan fingerprint density at radius 1 is 1.26 bits per heavy atom. The lowest BCUT2D eigenvalue weighted by Crippen LogP contribution is -2.00. The predicted molar refractivity (Wildman–Crippen MR) is 79.9 cm³/mol. The lowest BCUT2D eigenvalue weighted by atomic mass is 10.1. The van der Waals surface area contributed by atoms with Gasteiger partial charge in [0.1, 0.15) is 18.2 Å². The zero-order valence-electron chi connectivity index (χ0n) is 10.3. The second-order valence-electron chi connectivity index (χ2n) is 4.12. The van der Waals surface area contributed by atoms with Gasteiger partial charge < -0.3 is 4.74 Å². The van der Waals surface area contributed by atoms with Crippen molar-refractivity contribution in [3.05, 3.63) is 63.0 Å². The molecular formula is C15H12FIO2. The Hall–Kier alpha value is -1.43. The molecule has 4 heteroatoms. The van der Waals surface area contributed by atoms with Crippen LogP contribution >= 0.6 is 22.6 Å². The molecule has 19 heavy (non-hydrogen) atoms. The molecule has 0 saturated carbocycles. The van der Waals surface area contributed by atoms with Crippen LogP contribution in [0.3, 0.4) is 0 Å². The van der Waals surface area contributed by atoms with Gasteiger partial charge in [-0.05, 0) is 59.3 Å². The van der Waals surface area contributed by atoms with Crippen molar-refractivity contribution < 1.29 is 13.9 Å². The van der Waals surface area contributed by atoms with Gasteiger partial charge in [-0.15, -0.1) is 0 Å². The average molecular weight is 370 g/mol. The highest BCUT2D eigenvalue weighted by Gasteiger charge is 2.08. The predicted octanol–water partition coefficient (Wildman–Crippen LogP) is 4.21. The highest BCUT2D eigenvalue weighted by atomic mass is 127. The summed E-state index contributed by atoms with van der Waals surface area (Å²) in [5.41, 5.74) is 1.10. The Morgan fingerprint density at radius 3 is 2.68 bits per heavy atom. The molecule has 2 aromatic rings. The molecule has 0 saturated heterocycles. The maximum atomic E-state index is 13.6. The molecular weight excluding hydrogens is 358 g/mol. The monoisotopic (exact) mass is 370 g/mol. The quantitative estimate of drug-likeness (QED) is 0.595. The number of rotatable bonds is 4. The van der Waals surface area contributed by atoms with E-state index in [1.165, 1.54) is 19.1 Å². The standard InChI is InChI=1S/C15H12FIO2/c1-10(18)14-6-5-13(8-15(14)16)19-9-11-3-2-4-12(17)7-11/h2-8H,9H2,1H3. The first-order valence-electron chi connectivity index (χ1n) is 5.74. The Balaban J connectivity index is 2.08. The van der Waals surface area contributed by atoms with Crippen molar-refractivity contribution in [3.8, 4) is 5.75 Å². The van der Waals surface area contributed by atoms with Crippen molar-refractivity contribution >= 4 is 28.4 Å². The number of carbonyl (C=O) groups excluding carboxylic acids is 1. The van der Waals surface area contributed by atoms with Crippen molar-refractivity contribution in [1.82, 2.24) is 0 Å². The van der Waals surface area contributed by atoms with E-state index < -0.39 is 5.82 Å². The van der Waals surface area contributed by atoms with Gasteiger partial charge in [0.25, 0.3) is 0 Å². The first-order chi connectivity index (χ1) is 9.06. The van der Waals surface area contributed by atoms with Crippen LogP contribution in [0.2, 0.25) is 0 Å². The summed E-state index contributed by atoms with van der Waals surface area (Å²) in [4.78, 5) is 11.1. The average Bonchev–Trinajstić information content (AvgIpc) is 2.36. The molecule has 2 aromatic carbocycles. The second-order valence-corrected chi connectivity index (χ2v) is 5.36. The van der Waals surface area contributed by atoms with E-state index in [2.05, 4.69) is 22.6 Å². The van der Waals surface area contributed by atoms with Gasteiger partial charge in [0.05, 0.1) is 5.56 Å².